The van der Waals surface area contributed by atoms with Gasteiger partial charge in [0.2, 0.25) is 0 Å². The Kier molecular flexibility index (Phi) is 8.68. The van der Waals surface area contributed by atoms with Crippen molar-refractivity contribution in [1.29, 1.82) is 0 Å². The smallest absolute Gasteiger partial charge is 0.295 e. The fourth-order valence-electron chi connectivity index (χ4n) is 4.64. The Bertz CT molecular complexity index is 1140. The van der Waals surface area contributed by atoms with Gasteiger partial charge in [-0.05, 0) is 48.4 Å². The molecule has 0 radical (unpaired) electrons. The Morgan fingerprint density at radius 2 is 1.70 bits per heavy atom. The summed E-state index contributed by atoms with van der Waals surface area (Å²) in [6, 6.07) is 11.3. The van der Waals surface area contributed by atoms with Crippen molar-refractivity contribution in [3.8, 4) is 17.2 Å². The van der Waals surface area contributed by atoms with E-state index in [1.807, 2.05) is 6.92 Å². The van der Waals surface area contributed by atoms with E-state index in [-0.39, 0.29) is 11.3 Å². The lowest BCUT2D eigenvalue weighted by Gasteiger charge is -2.31. The minimum atomic E-state index is -0.781. The molecule has 2 aliphatic heterocycles. The van der Waals surface area contributed by atoms with Crippen molar-refractivity contribution in [2.45, 2.75) is 19.4 Å². The largest absolute Gasteiger partial charge is 0.507 e. The quantitative estimate of drug-likeness (QED) is 0.296. The molecule has 0 aromatic heterocycles. The number of aliphatic hydroxyl groups excluding tert-OH is 1. The summed E-state index contributed by atoms with van der Waals surface area (Å²) in [6.45, 7) is 6.31. The van der Waals surface area contributed by atoms with Gasteiger partial charge >= 0.3 is 0 Å². The first-order chi connectivity index (χ1) is 18.0. The molecule has 37 heavy (non-hydrogen) atoms. The number of carbonyl (C=O) groups is 2. The number of likely N-dealkylation sites (tertiary alicyclic amines) is 1. The fourth-order valence-corrected chi connectivity index (χ4v) is 4.64. The van der Waals surface area contributed by atoms with Gasteiger partial charge in [-0.1, -0.05) is 13.0 Å². The van der Waals surface area contributed by atoms with E-state index in [2.05, 4.69) is 4.90 Å². The summed E-state index contributed by atoms with van der Waals surface area (Å²) >= 11 is 0. The van der Waals surface area contributed by atoms with Gasteiger partial charge in [-0.25, -0.2) is 0 Å². The van der Waals surface area contributed by atoms with E-state index in [1.165, 1.54) is 12.0 Å². The Hall–Kier alpha value is -3.56. The van der Waals surface area contributed by atoms with E-state index in [0.29, 0.717) is 61.3 Å². The second-order valence-electron chi connectivity index (χ2n) is 8.93. The Balaban J connectivity index is 1.73. The number of ketones is 1. The van der Waals surface area contributed by atoms with Crippen molar-refractivity contribution < 1.29 is 33.6 Å². The molecule has 2 saturated heterocycles. The second kappa shape index (κ2) is 12.1. The van der Waals surface area contributed by atoms with E-state index in [0.717, 1.165) is 19.5 Å². The molecule has 2 aromatic carbocycles. The average Bonchev–Trinajstić information content (AvgIpc) is 3.20. The van der Waals surface area contributed by atoms with Crippen LogP contribution in [-0.4, -0.2) is 86.8 Å². The third kappa shape index (κ3) is 5.73. The van der Waals surface area contributed by atoms with E-state index in [4.69, 9.17) is 18.9 Å². The van der Waals surface area contributed by atoms with Crippen molar-refractivity contribution in [1.82, 2.24) is 9.80 Å². The zero-order chi connectivity index (χ0) is 26.4. The van der Waals surface area contributed by atoms with Crippen LogP contribution >= 0.6 is 0 Å². The number of ether oxygens (including phenoxy) is 4. The van der Waals surface area contributed by atoms with Crippen LogP contribution in [0.3, 0.4) is 0 Å². The highest BCUT2D eigenvalue weighted by molar-refractivity contribution is 6.46. The maximum Gasteiger partial charge on any atom is 0.295 e. The summed E-state index contributed by atoms with van der Waals surface area (Å²) in [6.07, 6.45) is 0.876. The van der Waals surface area contributed by atoms with Gasteiger partial charge < -0.3 is 29.0 Å². The lowest BCUT2D eigenvalue weighted by atomic mass is 9.95. The summed E-state index contributed by atoms with van der Waals surface area (Å²) < 4.78 is 21.9. The standard InChI is InChI=1S/C28H34N2O7/c1-4-15-37-21-8-5-19(6-9-21)26(31)24-25(20-7-10-22(34-2)23(18-20)35-3)30(28(33)27(24)32)12-11-29-13-16-36-17-14-29/h5-10,18,25,31H,4,11-17H2,1-3H3/b26-24+. The van der Waals surface area contributed by atoms with E-state index < -0.39 is 17.7 Å². The predicted molar refractivity (Wildman–Crippen MR) is 138 cm³/mol. The Labute approximate surface area is 217 Å². The highest BCUT2D eigenvalue weighted by Crippen LogP contribution is 2.42. The van der Waals surface area contributed by atoms with Crippen LogP contribution < -0.4 is 14.2 Å². The number of hydrogen-bond acceptors (Lipinski definition) is 8. The number of Topliss-reactive ketones (excluding diaryl/α,β-unsaturated/α-hetero) is 1. The molecule has 1 N–H and O–H groups in total. The number of hydrogen-bond donors (Lipinski definition) is 1. The maximum atomic E-state index is 13.3. The van der Waals surface area contributed by atoms with Crippen LogP contribution in [0.5, 0.6) is 17.2 Å². The maximum absolute atomic E-state index is 13.3. The molecule has 0 bridgehead atoms. The third-order valence-corrected chi connectivity index (χ3v) is 6.62. The molecule has 0 spiro atoms. The van der Waals surface area contributed by atoms with Crippen LogP contribution in [0.4, 0.5) is 0 Å². The molecule has 9 heteroatoms. The van der Waals surface area contributed by atoms with E-state index in [1.54, 1.807) is 49.6 Å². The second-order valence-corrected chi connectivity index (χ2v) is 8.93. The van der Waals surface area contributed by atoms with E-state index >= 15 is 0 Å². The van der Waals surface area contributed by atoms with Crippen LogP contribution in [0.25, 0.3) is 5.76 Å². The van der Waals surface area contributed by atoms with Crippen molar-refractivity contribution in [3.63, 3.8) is 0 Å². The SMILES string of the molecule is CCCOc1ccc(/C(O)=C2\C(=O)C(=O)N(CCN3CCOCC3)C2c2ccc(OC)c(OC)c2)cc1. The molecule has 0 aliphatic carbocycles. The van der Waals surface area contributed by atoms with E-state index in [9.17, 15) is 14.7 Å². The molecule has 198 valence electrons. The van der Waals surface area contributed by atoms with Gasteiger partial charge in [0.25, 0.3) is 11.7 Å². The average molecular weight is 511 g/mol. The van der Waals surface area contributed by atoms with Crippen molar-refractivity contribution >= 4 is 17.4 Å². The molecule has 2 heterocycles. The number of morpholine rings is 1. The minimum absolute atomic E-state index is 0.0430. The molecule has 2 fully saturated rings. The summed E-state index contributed by atoms with van der Waals surface area (Å²) in [5.41, 5.74) is 1.12. The Morgan fingerprint density at radius 1 is 1.00 bits per heavy atom. The number of nitrogens with zero attached hydrogens (tertiary/aromatic N) is 2. The molecule has 4 rings (SSSR count). The summed E-state index contributed by atoms with van der Waals surface area (Å²) in [4.78, 5) is 30.3. The lowest BCUT2D eigenvalue weighted by Crippen LogP contribution is -2.42. The summed E-state index contributed by atoms with van der Waals surface area (Å²) in [5.74, 6) is 0.0771. The number of methoxy groups -OCH3 is 2. The minimum Gasteiger partial charge on any atom is -0.507 e. The summed E-state index contributed by atoms with van der Waals surface area (Å²) in [5, 5.41) is 11.3. The van der Waals surface area contributed by atoms with Crippen LogP contribution in [0.2, 0.25) is 0 Å². The first-order valence-corrected chi connectivity index (χ1v) is 12.5. The first-order valence-electron chi connectivity index (χ1n) is 12.5. The van der Waals surface area contributed by atoms with Gasteiger partial charge in [0.1, 0.15) is 11.5 Å². The van der Waals surface area contributed by atoms with Crippen molar-refractivity contribution in [2.24, 2.45) is 0 Å². The number of carbonyl (C=O) groups excluding carboxylic acids is 2. The predicted octanol–water partition coefficient (Wildman–Crippen LogP) is 3.25. The molecule has 1 atom stereocenters. The molecule has 1 amide bonds. The van der Waals surface area contributed by atoms with Crippen LogP contribution in [0.15, 0.2) is 48.0 Å². The third-order valence-electron chi connectivity index (χ3n) is 6.62. The van der Waals surface area contributed by atoms with Gasteiger partial charge in [0.05, 0.1) is 45.7 Å². The first kappa shape index (κ1) is 26.5. The van der Waals surface area contributed by atoms with Gasteiger partial charge in [-0.15, -0.1) is 0 Å². The van der Waals surface area contributed by atoms with Gasteiger partial charge in [0.15, 0.2) is 11.5 Å². The van der Waals surface area contributed by atoms with Gasteiger partial charge in [-0.3, -0.25) is 14.5 Å². The number of aliphatic hydroxyl groups is 1. The molecule has 9 nitrogen and oxygen atoms in total. The number of rotatable bonds is 10. The zero-order valence-corrected chi connectivity index (χ0v) is 21.6. The zero-order valence-electron chi connectivity index (χ0n) is 21.6. The highest BCUT2D eigenvalue weighted by atomic mass is 16.5. The van der Waals surface area contributed by atoms with Crippen molar-refractivity contribution in [2.75, 3.05) is 60.2 Å². The van der Waals surface area contributed by atoms with Gasteiger partial charge in [-0.2, -0.15) is 0 Å². The molecular formula is C28H34N2O7. The van der Waals surface area contributed by atoms with Crippen LogP contribution in [-0.2, 0) is 14.3 Å². The number of benzene rings is 2. The van der Waals surface area contributed by atoms with Crippen LogP contribution in [0, 0.1) is 0 Å². The monoisotopic (exact) mass is 510 g/mol. The normalized spacial score (nSPS) is 19.8. The molecule has 2 aromatic rings. The van der Waals surface area contributed by atoms with Crippen molar-refractivity contribution in [3.05, 3.63) is 59.2 Å². The molecule has 0 saturated carbocycles. The molecule has 2 aliphatic rings. The Morgan fingerprint density at radius 3 is 2.35 bits per heavy atom. The fraction of sp³-hybridized carbons (Fsp3) is 0.429. The van der Waals surface area contributed by atoms with Crippen LogP contribution in [0.1, 0.15) is 30.5 Å². The summed E-state index contributed by atoms with van der Waals surface area (Å²) in [7, 11) is 3.07. The highest BCUT2D eigenvalue weighted by Gasteiger charge is 2.46. The molecular weight excluding hydrogens is 476 g/mol. The lowest BCUT2D eigenvalue weighted by molar-refractivity contribution is -0.140. The number of amides is 1. The molecule has 1 unspecified atom stereocenters. The van der Waals surface area contributed by atoms with Gasteiger partial charge in [0, 0.05) is 31.7 Å². The topological polar surface area (TPSA) is 97.8 Å².